The number of aromatic nitrogens is 2. The Hall–Kier alpha value is -1.92. The zero-order valence-electron chi connectivity index (χ0n) is 10.4. The van der Waals surface area contributed by atoms with Crippen LogP contribution >= 0.6 is 0 Å². The van der Waals surface area contributed by atoms with Crippen LogP contribution in [0.3, 0.4) is 0 Å². The second kappa shape index (κ2) is 5.16. The minimum atomic E-state index is -0.498. The summed E-state index contributed by atoms with van der Waals surface area (Å²) in [6.45, 7) is 2.84. The summed E-state index contributed by atoms with van der Waals surface area (Å²) >= 11 is 0. The summed E-state index contributed by atoms with van der Waals surface area (Å²) in [5.74, 6) is 0.281. The lowest BCUT2D eigenvalue weighted by atomic mass is 10.1. The fourth-order valence-corrected chi connectivity index (χ4v) is 2.36. The van der Waals surface area contributed by atoms with Crippen molar-refractivity contribution >= 4 is 17.3 Å². The van der Waals surface area contributed by atoms with Crippen molar-refractivity contribution < 1.29 is 4.92 Å². The monoisotopic (exact) mass is 251 g/mol. The van der Waals surface area contributed by atoms with Gasteiger partial charge in [0.2, 0.25) is 11.6 Å². The molecule has 1 aromatic rings. The number of rotatable bonds is 2. The molecule has 1 saturated heterocycles. The van der Waals surface area contributed by atoms with Gasteiger partial charge in [-0.1, -0.05) is 12.8 Å². The van der Waals surface area contributed by atoms with E-state index in [2.05, 4.69) is 16.9 Å². The Labute approximate surface area is 105 Å². The first-order chi connectivity index (χ1) is 8.61. The van der Waals surface area contributed by atoms with Gasteiger partial charge in [0.25, 0.3) is 0 Å². The van der Waals surface area contributed by atoms with Gasteiger partial charge in [0, 0.05) is 12.6 Å². The van der Waals surface area contributed by atoms with Gasteiger partial charge in [-0.05, 0) is 19.8 Å². The molecule has 1 aliphatic heterocycles. The van der Waals surface area contributed by atoms with E-state index in [0.717, 1.165) is 32.2 Å². The normalized spacial score (nSPS) is 20.5. The number of nitrogens with zero attached hydrogens (tertiary/aromatic N) is 4. The Morgan fingerprint density at radius 3 is 2.94 bits per heavy atom. The molecular formula is C11H17N5O2. The molecule has 2 N–H and O–H groups in total. The van der Waals surface area contributed by atoms with Crippen molar-refractivity contribution in [2.45, 2.75) is 38.6 Å². The third-order valence-electron chi connectivity index (χ3n) is 3.34. The number of nitrogens with two attached hydrogens (primary N) is 1. The summed E-state index contributed by atoms with van der Waals surface area (Å²) in [5.41, 5.74) is 5.42. The van der Waals surface area contributed by atoms with Crippen LogP contribution in [0.1, 0.15) is 32.6 Å². The van der Waals surface area contributed by atoms with Crippen molar-refractivity contribution in [1.29, 1.82) is 0 Å². The maximum absolute atomic E-state index is 11.1. The molecule has 0 amide bonds. The molecule has 2 rings (SSSR count). The summed E-state index contributed by atoms with van der Waals surface area (Å²) < 4.78 is 0. The lowest BCUT2D eigenvalue weighted by Gasteiger charge is -2.27. The first-order valence-corrected chi connectivity index (χ1v) is 6.12. The molecule has 1 atom stereocenters. The number of anilines is 2. The van der Waals surface area contributed by atoms with Crippen molar-refractivity contribution in [3.05, 3.63) is 16.4 Å². The zero-order valence-corrected chi connectivity index (χ0v) is 10.4. The van der Waals surface area contributed by atoms with Gasteiger partial charge in [-0.3, -0.25) is 10.1 Å². The van der Waals surface area contributed by atoms with Crippen LogP contribution in [0.25, 0.3) is 0 Å². The fourth-order valence-electron chi connectivity index (χ4n) is 2.36. The van der Waals surface area contributed by atoms with Crippen LogP contribution in [-0.4, -0.2) is 27.5 Å². The molecule has 0 aromatic carbocycles. The minimum absolute atomic E-state index is 0.0681. The van der Waals surface area contributed by atoms with Crippen molar-refractivity contribution in [2.75, 3.05) is 17.2 Å². The van der Waals surface area contributed by atoms with E-state index in [4.69, 9.17) is 5.73 Å². The van der Waals surface area contributed by atoms with Crippen LogP contribution in [-0.2, 0) is 0 Å². The minimum Gasteiger partial charge on any atom is -0.378 e. The average molecular weight is 251 g/mol. The Kier molecular flexibility index (Phi) is 3.59. The number of hydrogen-bond acceptors (Lipinski definition) is 6. The molecule has 0 bridgehead atoms. The fraction of sp³-hybridized carbons (Fsp3) is 0.636. The van der Waals surface area contributed by atoms with E-state index < -0.39 is 4.92 Å². The zero-order chi connectivity index (χ0) is 13.1. The molecule has 0 saturated carbocycles. The Morgan fingerprint density at radius 2 is 2.22 bits per heavy atom. The lowest BCUT2D eigenvalue weighted by molar-refractivity contribution is -0.383. The predicted molar refractivity (Wildman–Crippen MR) is 68.4 cm³/mol. The van der Waals surface area contributed by atoms with Crippen molar-refractivity contribution in [2.24, 2.45) is 0 Å². The highest BCUT2D eigenvalue weighted by molar-refractivity contribution is 5.68. The number of nitro groups is 1. The molecule has 1 aromatic heterocycles. The van der Waals surface area contributed by atoms with Gasteiger partial charge >= 0.3 is 5.69 Å². The van der Waals surface area contributed by atoms with Crippen LogP contribution < -0.4 is 10.6 Å². The van der Waals surface area contributed by atoms with Crippen molar-refractivity contribution in [3.8, 4) is 0 Å². The van der Waals surface area contributed by atoms with Crippen LogP contribution in [0, 0.1) is 10.1 Å². The summed E-state index contributed by atoms with van der Waals surface area (Å²) in [5, 5.41) is 11.1. The maximum Gasteiger partial charge on any atom is 0.353 e. The maximum atomic E-state index is 11.1. The van der Waals surface area contributed by atoms with E-state index in [1.807, 2.05) is 4.90 Å². The first kappa shape index (κ1) is 12.5. The highest BCUT2D eigenvalue weighted by Gasteiger charge is 2.28. The van der Waals surface area contributed by atoms with E-state index in [-0.39, 0.29) is 17.5 Å². The third kappa shape index (κ3) is 2.34. The molecule has 2 heterocycles. The molecule has 0 radical (unpaired) electrons. The molecule has 1 fully saturated rings. The van der Waals surface area contributed by atoms with Crippen LogP contribution in [0.5, 0.6) is 0 Å². The van der Waals surface area contributed by atoms with Crippen LogP contribution in [0.2, 0.25) is 0 Å². The summed E-state index contributed by atoms with van der Waals surface area (Å²) in [4.78, 5) is 20.3. The lowest BCUT2D eigenvalue weighted by Crippen LogP contribution is -2.34. The van der Waals surface area contributed by atoms with Gasteiger partial charge in [0.05, 0.1) is 4.92 Å². The third-order valence-corrected chi connectivity index (χ3v) is 3.34. The van der Waals surface area contributed by atoms with Gasteiger partial charge in [-0.15, -0.1) is 0 Å². The highest BCUT2D eigenvalue weighted by atomic mass is 16.6. The van der Waals surface area contributed by atoms with E-state index in [0.29, 0.717) is 5.82 Å². The first-order valence-electron chi connectivity index (χ1n) is 6.12. The van der Waals surface area contributed by atoms with E-state index in [1.165, 1.54) is 6.33 Å². The topological polar surface area (TPSA) is 98.2 Å². The highest BCUT2D eigenvalue weighted by Crippen LogP contribution is 2.33. The molecule has 1 aliphatic rings. The van der Waals surface area contributed by atoms with E-state index >= 15 is 0 Å². The largest absolute Gasteiger partial charge is 0.378 e. The quantitative estimate of drug-likeness (QED) is 0.635. The predicted octanol–water partition coefficient (Wildman–Crippen LogP) is 1.74. The molecule has 1 unspecified atom stereocenters. The Morgan fingerprint density at radius 1 is 1.44 bits per heavy atom. The Bertz CT molecular complexity index is 451. The average Bonchev–Trinajstić information content (AvgIpc) is 2.53. The summed E-state index contributed by atoms with van der Waals surface area (Å²) in [7, 11) is 0. The van der Waals surface area contributed by atoms with Gasteiger partial charge in [-0.2, -0.15) is 0 Å². The van der Waals surface area contributed by atoms with Crippen LogP contribution in [0.4, 0.5) is 17.3 Å². The van der Waals surface area contributed by atoms with Crippen molar-refractivity contribution in [1.82, 2.24) is 9.97 Å². The molecular weight excluding hydrogens is 234 g/mol. The molecule has 7 heteroatoms. The molecule has 98 valence electrons. The van der Waals surface area contributed by atoms with Crippen molar-refractivity contribution in [3.63, 3.8) is 0 Å². The van der Waals surface area contributed by atoms with Gasteiger partial charge < -0.3 is 10.6 Å². The molecule has 0 spiro atoms. The van der Waals surface area contributed by atoms with E-state index in [9.17, 15) is 10.1 Å². The van der Waals surface area contributed by atoms with E-state index in [1.54, 1.807) is 0 Å². The smallest absolute Gasteiger partial charge is 0.353 e. The second-order valence-corrected chi connectivity index (χ2v) is 4.58. The molecule has 0 aliphatic carbocycles. The van der Waals surface area contributed by atoms with Gasteiger partial charge in [-0.25, -0.2) is 9.97 Å². The summed E-state index contributed by atoms with van der Waals surface area (Å²) in [6, 6.07) is 0.237. The van der Waals surface area contributed by atoms with Gasteiger partial charge in [0.1, 0.15) is 6.33 Å². The SMILES string of the molecule is CC1CCCCCN1c1ncnc(N)c1[N+](=O)[O-]. The second-order valence-electron chi connectivity index (χ2n) is 4.58. The Balaban J connectivity index is 2.42. The molecule has 7 nitrogen and oxygen atoms in total. The standard InChI is InChI=1S/C11H17N5O2/c1-8-5-3-2-4-6-15(8)11-9(16(17)18)10(12)13-7-14-11/h7-8H,2-6H2,1H3,(H2,12,13,14). The summed E-state index contributed by atoms with van der Waals surface area (Å²) in [6.07, 6.45) is 5.61. The number of hydrogen-bond donors (Lipinski definition) is 1. The van der Waals surface area contributed by atoms with Crippen LogP contribution in [0.15, 0.2) is 6.33 Å². The number of nitrogen functional groups attached to an aromatic ring is 1. The molecule has 18 heavy (non-hydrogen) atoms. The van der Waals surface area contributed by atoms with Gasteiger partial charge in [0.15, 0.2) is 0 Å².